The fourth-order valence-corrected chi connectivity index (χ4v) is 3.31. The molecular weight excluding hydrogens is 454 g/mol. The summed E-state index contributed by atoms with van der Waals surface area (Å²) in [6.45, 7) is 6.78. The van der Waals surface area contributed by atoms with Gasteiger partial charge in [-0.15, -0.1) is 0 Å². The normalized spacial score (nSPS) is 10.6. The number of benzene rings is 2. The number of anilines is 2. The number of carboxylic acid groups (broad SMARTS) is 1. The van der Waals surface area contributed by atoms with Crippen LogP contribution < -0.4 is 19.5 Å². The highest BCUT2D eigenvalue weighted by atomic mass is 16.5. The van der Waals surface area contributed by atoms with Crippen LogP contribution in [0.3, 0.4) is 0 Å². The highest BCUT2D eigenvalue weighted by Crippen LogP contribution is 2.34. The lowest BCUT2D eigenvalue weighted by molar-refractivity contribution is -0.134. The fourth-order valence-electron chi connectivity index (χ4n) is 3.31. The van der Waals surface area contributed by atoms with Gasteiger partial charge in [0.15, 0.2) is 11.5 Å². The number of aryl methyl sites for hydroxylation is 1. The molecule has 0 spiro atoms. The van der Waals surface area contributed by atoms with Crippen LogP contribution in [-0.4, -0.2) is 56.4 Å². The second-order valence-electron chi connectivity index (χ2n) is 7.69. The van der Waals surface area contributed by atoms with Crippen molar-refractivity contribution in [3.63, 3.8) is 0 Å². The second kappa shape index (κ2) is 10.7. The molecule has 4 aromatic rings. The zero-order valence-electron chi connectivity index (χ0n) is 20.3. The van der Waals surface area contributed by atoms with Crippen molar-refractivity contribution in [2.75, 3.05) is 19.5 Å². The predicted molar refractivity (Wildman–Crippen MR) is 131 cm³/mol. The Kier molecular flexibility index (Phi) is 7.69. The molecule has 4 rings (SSSR count). The van der Waals surface area contributed by atoms with Gasteiger partial charge in [-0.3, -0.25) is 10.1 Å². The predicted octanol–water partition coefficient (Wildman–Crippen LogP) is 4.23. The minimum Gasteiger partial charge on any atom is -0.493 e. The summed E-state index contributed by atoms with van der Waals surface area (Å²) in [6, 6.07) is 8.98. The average molecular weight is 482 g/mol. The fraction of sp³-hybridized carbons (Fsp3) is 0.292. The van der Waals surface area contributed by atoms with E-state index in [1.807, 2.05) is 32.9 Å². The lowest BCUT2D eigenvalue weighted by Gasteiger charge is -2.14. The minimum atomic E-state index is -0.833. The van der Waals surface area contributed by atoms with Gasteiger partial charge < -0.3 is 24.4 Å². The van der Waals surface area contributed by atoms with Crippen molar-refractivity contribution in [3.05, 3.63) is 36.0 Å². The molecule has 0 atom stereocenters. The van der Waals surface area contributed by atoms with Crippen molar-refractivity contribution in [2.45, 2.75) is 33.8 Å². The SMILES string of the molecule is CC(=O)O.COc1cc2nc(Nc3nc(O)c4c(OC(C)C)cccc4n3)nc(C)c2cc1OC. The van der Waals surface area contributed by atoms with Gasteiger partial charge in [0, 0.05) is 18.4 Å². The van der Waals surface area contributed by atoms with Gasteiger partial charge in [-0.1, -0.05) is 6.07 Å². The van der Waals surface area contributed by atoms with E-state index in [2.05, 4.69) is 25.3 Å². The Balaban J connectivity index is 0.000000795. The summed E-state index contributed by atoms with van der Waals surface area (Å²) in [5, 5.41) is 22.2. The molecule has 184 valence electrons. The lowest BCUT2D eigenvalue weighted by Crippen LogP contribution is -2.07. The van der Waals surface area contributed by atoms with E-state index < -0.39 is 5.97 Å². The van der Waals surface area contributed by atoms with Gasteiger partial charge in [0.05, 0.1) is 37.1 Å². The minimum absolute atomic E-state index is 0.0487. The molecule has 0 unspecified atom stereocenters. The summed E-state index contributed by atoms with van der Waals surface area (Å²) in [6.07, 6.45) is -0.0487. The number of hydrogen-bond acceptors (Lipinski definition) is 10. The number of nitrogens with zero attached hydrogens (tertiary/aromatic N) is 4. The van der Waals surface area contributed by atoms with Crippen molar-refractivity contribution in [2.24, 2.45) is 0 Å². The quantitative estimate of drug-likeness (QED) is 0.363. The molecule has 0 aliphatic carbocycles. The molecule has 2 aromatic carbocycles. The summed E-state index contributed by atoms with van der Waals surface area (Å²) < 4.78 is 16.5. The first-order chi connectivity index (χ1) is 16.6. The number of fused-ring (bicyclic) bond motifs is 2. The molecule has 11 nitrogen and oxygen atoms in total. The summed E-state index contributed by atoms with van der Waals surface area (Å²) in [5.74, 6) is 1.14. The van der Waals surface area contributed by atoms with E-state index in [4.69, 9.17) is 24.1 Å². The molecule has 2 aromatic heterocycles. The highest BCUT2D eigenvalue weighted by molar-refractivity contribution is 5.90. The standard InChI is InChI=1S/C22H23N5O4.C2H4O2/c1-11(2)31-16-8-6-7-14-19(16)20(28)26-22(24-14)27-21-23-12(3)13-9-17(29-4)18(30-5)10-15(13)25-21;1-2(3)4/h6-11H,1-5H3,(H2,23,24,25,26,27,28);1H3,(H,3,4). The number of carboxylic acids is 1. The van der Waals surface area contributed by atoms with Crippen LogP contribution in [0, 0.1) is 6.92 Å². The second-order valence-corrected chi connectivity index (χ2v) is 7.69. The monoisotopic (exact) mass is 481 g/mol. The van der Waals surface area contributed by atoms with Gasteiger partial charge in [0.25, 0.3) is 5.97 Å². The molecule has 11 heteroatoms. The molecule has 0 bridgehead atoms. The number of aromatic nitrogens is 4. The number of methoxy groups -OCH3 is 2. The third-order valence-corrected chi connectivity index (χ3v) is 4.64. The Labute approximate surface area is 201 Å². The molecule has 0 radical (unpaired) electrons. The van der Waals surface area contributed by atoms with Crippen molar-refractivity contribution < 1.29 is 29.2 Å². The highest BCUT2D eigenvalue weighted by Gasteiger charge is 2.15. The first-order valence-corrected chi connectivity index (χ1v) is 10.7. The Morgan fingerprint density at radius 1 is 0.943 bits per heavy atom. The summed E-state index contributed by atoms with van der Waals surface area (Å²) >= 11 is 0. The van der Waals surface area contributed by atoms with Crippen molar-refractivity contribution in [3.8, 4) is 23.1 Å². The largest absolute Gasteiger partial charge is 0.493 e. The molecule has 0 saturated heterocycles. The van der Waals surface area contributed by atoms with Gasteiger partial charge in [-0.2, -0.15) is 4.98 Å². The molecule has 3 N–H and O–H groups in total. The Bertz CT molecular complexity index is 1370. The Morgan fingerprint density at radius 3 is 2.17 bits per heavy atom. The van der Waals surface area contributed by atoms with E-state index in [9.17, 15) is 5.11 Å². The van der Waals surface area contributed by atoms with Gasteiger partial charge in [-0.25, -0.2) is 15.0 Å². The topological polar surface area (TPSA) is 149 Å². The van der Waals surface area contributed by atoms with Crippen LogP contribution in [0.2, 0.25) is 0 Å². The molecule has 0 aliphatic rings. The van der Waals surface area contributed by atoms with E-state index in [1.165, 1.54) is 0 Å². The molecular formula is C24H27N5O6. The number of aliphatic carboxylic acids is 1. The van der Waals surface area contributed by atoms with E-state index in [-0.39, 0.29) is 17.9 Å². The van der Waals surface area contributed by atoms with Crippen LogP contribution in [0.4, 0.5) is 11.9 Å². The average Bonchev–Trinajstić information content (AvgIpc) is 2.77. The van der Waals surface area contributed by atoms with Crippen molar-refractivity contribution in [1.29, 1.82) is 0 Å². The van der Waals surface area contributed by atoms with Crippen molar-refractivity contribution >= 4 is 39.7 Å². The van der Waals surface area contributed by atoms with Crippen LogP contribution in [0.25, 0.3) is 21.8 Å². The van der Waals surface area contributed by atoms with Crippen LogP contribution in [-0.2, 0) is 4.79 Å². The summed E-state index contributed by atoms with van der Waals surface area (Å²) in [4.78, 5) is 26.7. The molecule has 2 heterocycles. The summed E-state index contributed by atoms with van der Waals surface area (Å²) in [7, 11) is 3.15. The smallest absolute Gasteiger partial charge is 0.300 e. The van der Waals surface area contributed by atoms with Crippen molar-refractivity contribution in [1.82, 2.24) is 19.9 Å². The zero-order chi connectivity index (χ0) is 25.7. The van der Waals surface area contributed by atoms with Gasteiger partial charge >= 0.3 is 0 Å². The Morgan fingerprint density at radius 2 is 1.54 bits per heavy atom. The molecule has 0 saturated carbocycles. The van der Waals surface area contributed by atoms with E-state index in [0.29, 0.717) is 39.6 Å². The molecule has 0 aliphatic heterocycles. The first kappa shape index (κ1) is 25.2. The number of hydrogen-bond donors (Lipinski definition) is 3. The van der Waals surface area contributed by atoms with Crippen LogP contribution in [0.1, 0.15) is 26.5 Å². The molecule has 0 amide bonds. The van der Waals surface area contributed by atoms with E-state index in [1.54, 1.807) is 32.4 Å². The number of aromatic hydroxyl groups is 1. The molecule has 0 fully saturated rings. The van der Waals surface area contributed by atoms with Crippen LogP contribution >= 0.6 is 0 Å². The molecule has 35 heavy (non-hydrogen) atoms. The maximum Gasteiger partial charge on any atom is 0.300 e. The third kappa shape index (κ3) is 5.94. The lowest BCUT2D eigenvalue weighted by atomic mass is 10.1. The number of rotatable bonds is 6. The van der Waals surface area contributed by atoms with E-state index >= 15 is 0 Å². The van der Waals surface area contributed by atoms with Crippen LogP contribution in [0.5, 0.6) is 23.1 Å². The summed E-state index contributed by atoms with van der Waals surface area (Å²) in [5.41, 5.74) is 1.95. The number of ether oxygens (including phenoxy) is 3. The number of carbonyl (C=O) groups is 1. The van der Waals surface area contributed by atoms with Gasteiger partial charge in [0.1, 0.15) is 11.1 Å². The van der Waals surface area contributed by atoms with Crippen LogP contribution in [0.15, 0.2) is 30.3 Å². The maximum atomic E-state index is 10.5. The van der Waals surface area contributed by atoms with Gasteiger partial charge in [-0.05, 0) is 39.0 Å². The third-order valence-electron chi connectivity index (χ3n) is 4.64. The maximum absolute atomic E-state index is 10.5. The zero-order valence-corrected chi connectivity index (χ0v) is 20.3. The van der Waals surface area contributed by atoms with Gasteiger partial charge in [0.2, 0.25) is 17.8 Å². The van der Waals surface area contributed by atoms with E-state index in [0.717, 1.165) is 18.0 Å². The first-order valence-electron chi connectivity index (χ1n) is 10.7. The Hall–Kier alpha value is -4.41. The number of nitrogens with one attached hydrogen (secondary N) is 1.